The second-order valence-electron chi connectivity index (χ2n) is 9.15. The molecule has 4 aromatic rings. The predicted octanol–water partition coefficient (Wildman–Crippen LogP) is 5.54. The van der Waals surface area contributed by atoms with E-state index in [1.54, 1.807) is 48.2 Å². The Morgan fingerprint density at radius 1 is 1.00 bits per heavy atom. The molecule has 0 amide bonds. The first kappa shape index (κ1) is 21.9. The smallest absolute Gasteiger partial charge is 0.194 e. The maximum Gasteiger partial charge on any atom is 0.194 e. The van der Waals surface area contributed by atoms with Gasteiger partial charge >= 0.3 is 0 Å². The first-order valence-electron chi connectivity index (χ1n) is 10.5. The second-order valence-corrected chi connectivity index (χ2v) is 14.6. The molecule has 1 atom stereocenters. The van der Waals surface area contributed by atoms with E-state index >= 15 is 0 Å². The number of Topliss-reactive ketones (excluding diaryl/α,β-unsaturated/α-hetero) is 1. The van der Waals surface area contributed by atoms with Crippen LogP contribution in [0.2, 0.25) is 25.7 Å². The lowest BCUT2D eigenvalue weighted by molar-refractivity contribution is 0.0858. The van der Waals surface area contributed by atoms with E-state index in [2.05, 4.69) is 30.0 Å². The van der Waals surface area contributed by atoms with Crippen molar-refractivity contribution < 1.29 is 13.9 Å². The van der Waals surface area contributed by atoms with Crippen LogP contribution >= 0.6 is 0 Å². The van der Waals surface area contributed by atoms with Crippen molar-refractivity contribution >= 4 is 24.9 Å². The Morgan fingerprint density at radius 2 is 1.66 bits per heavy atom. The minimum Gasteiger partial charge on any atom is -0.497 e. The Hall–Kier alpha value is -3.32. The summed E-state index contributed by atoms with van der Waals surface area (Å²) in [5.41, 5.74) is 1.53. The monoisotopic (exact) mass is 447 g/mol. The van der Waals surface area contributed by atoms with Gasteiger partial charge in [0.1, 0.15) is 17.1 Å². The fraction of sp³-hybridized carbons (Fsp3) is 0.240. The topological polar surface area (TPSA) is 57.0 Å². The van der Waals surface area contributed by atoms with Crippen LogP contribution in [0.3, 0.4) is 0 Å². The Balaban J connectivity index is 2.04. The summed E-state index contributed by atoms with van der Waals surface area (Å²) in [4.78, 5) is 14.4. The van der Waals surface area contributed by atoms with E-state index in [-0.39, 0.29) is 11.6 Å². The quantitative estimate of drug-likeness (QED) is 0.276. The Labute approximate surface area is 187 Å². The summed E-state index contributed by atoms with van der Waals surface area (Å²) in [6, 6.07) is 21.4. The molecule has 32 heavy (non-hydrogen) atoms. The van der Waals surface area contributed by atoms with Gasteiger partial charge in [0.2, 0.25) is 0 Å². The van der Waals surface area contributed by atoms with E-state index in [0.717, 1.165) is 5.52 Å². The van der Waals surface area contributed by atoms with Crippen molar-refractivity contribution in [3.05, 3.63) is 89.7 Å². The summed E-state index contributed by atoms with van der Waals surface area (Å²) in [6.07, 6.45) is 0. The molecule has 5 nitrogen and oxygen atoms in total. The van der Waals surface area contributed by atoms with Crippen LogP contribution in [0.25, 0.3) is 11.0 Å². The minimum atomic E-state index is -1.87. The zero-order valence-corrected chi connectivity index (χ0v) is 19.7. The van der Waals surface area contributed by atoms with Gasteiger partial charge in [-0.3, -0.25) is 4.79 Å². The molecule has 0 aliphatic rings. The van der Waals surface area contributed by atoms with Gasteiger partial charge in [-0.05, 0) is 60.1 Å². The number of carbonyl (C=O) groups is 1. The average Bonchev–Trinajstić information content (AvgIpc) is 3.21. The van der Waals surface area contributed by atoms with Gasteiger partial charge in [-0.15, -0.1) is 5.10 Å². The van der Waals surface area contributed by atoms with Crippen molar-refractivity contribution in [3.63, 3.8) is 0 Å². The number of para-hydroxylation sites is 1. The lowest BCUT2D eigenvalue weighted by atomic mass is 9.83. The molecule has 3 aromatic carbocycles. The Bertz CT molecular complexity index is 1250. The Kier molecular flexibility index (Phi) is 5.69. The highest BCUT2D eigenvalue weighted by atomic mass is 28.3. The standard InChI is InChI=1S/C25H26FN3O2Si/c1-31-21-15-9-18(10-16-21)24(30)25(17-32(2,3)4,19-11-13-20(26)14-12-19)29-23-8-6-5-7-22(23)27-28-29/h5-16H,17H2,1-4H3. The number of hydrogen-bond donors (Lipinski definition) is 0. The van der Waals surface area contributed by atoms with Crippen LogP contribution in [0.5, 0.6) is 5.75 Å². The van der Waals surface area contributed by atoms with E-state index in [1.807, 2.05) is 24.3 Å². The molecule has 0 aliphatic heterocycles. The summed E-state index contributed by atoms with van der Waals surface area (Å²) in [7, 11) is -0.284. The molecule has 0 spiro atoms. The highest BCUT2D eigenvalue weighted by Gasteiger charge is 2.47. The van der Waals surface area contributed by atoms with Gasteiger partial charge in [-0.25, -0.2) is 9.07 Å². The minimum absolute atomic E-state index is 0.107. The molecule has 0 saturated heterocycles. The molecule has 0 radical (unpaired) electrons. The number of ketones is 1. The molecule has 0 fully saturated rings. The third-order valence-corrected chi connectivity index (χ3v) is 7.12. The zero-order valence-electron chi connectivity index (χ0n) is 18.7. The third kappa shape index (κ3) is 3.96. The lowest BCUT2D eigenvalue weighted by Gasteiger charge is -2.38. The number of aromatic nitrogens is 3. The van der Waals surface area contributed by atoms with Crippen LogP contribution in [0.1, 0.15) is 15.9 Å². The van der Waals surface area contributed by atoms with Gasteiger partial charge < -0.3 is 4.74 Å². The van der Waals surface area contributed by atoms with Crippen LogP contribution in [0.15, 0.2) is 72.8 Å². The van der Waals surface area contributed by atoms with E-state index in [4.69, 9.17) is 4.74 Å². The molecule has 0 aliphatic carbocycles. The molecule has 1 unspecified atom stereocenters. The van der Waals surface area contributed by atoms with Crippen molar-refractivity contribution in [2.75, 3.05) is 7.11 Å². The number of benzene rings is 3. The normalized spacial score (nSPS) is 13.7. The number of methoxy groups -OCH3 is 1. The van der Waals surface area contributed by atoms with Crippen molar-refractivity contribution in [3.8, 4) is 5.75 Å². The van der Waals surface area contributed by atoms with Gasteiger partial charge in [0.15, 0.2) is 11.3 Å². The highest BCUT2D eigenvalue weighted by molar-refractivity contribution is 6.76. The summed E-state index contributed by atoms with van der Waals surface area (Å²) < 4.78 is 20.9. The van der Waals surface area contributed by atoms with Crippen molar-refractivity contribution in [2.45, 2.75) is 31.2 Å². The number of carbonyl (C=O) groups excluding carboxylic acids is 1. The molecule has 1 heterocycles. The summed E-state index contributed by atoms with van der Waals surface area (Å²) in [5.74, 6) is 0.214. The number of fused-ring (bicyclic) bond motifs is 1. The Morgan fingerprint density at radius 3 is 2.28 bits per heavy atom. The van der Waals surface area contributed by atoms with Crippen molar-refractivity contribution in [2.24, 2.45) is 0 Å². The molecule has 1 aromatic heterocycles. The van der Waals surface area contributed by atoms with Crippen LogP contribution < -0.4 is 4.74 Å². The maximum atomic E-state index is 14.4. The average molecular weight is 448 g/mol. The fourth-order valence-corrected chi connectivity index (χ4v) is 6.28. The molecule has 0 bridgehead atoms. The second kappa shape index (κ2) is 8.31. The molecular formula is C25H26FN3O2Si. The van der Waals surface area contributed by atoms with Gasteiger partial charge in [0.25, 0.3) is 0 Å². The van der Waals surface area contributed by atoms with Gasteiger partial charge in [0, 0.05) is 13.6 Å². The molecule has 0 N–H and O–H groups in total. The predicted molar refractivity (Wildman–Crippen MR) is 126 cm³/mol. The number of ether oxygens (including phenoxy) is 1. The van der Waals surface area contributed by atoms with Gasteiger partial charge in [0.05, 0.1) is 12.6 Å². The van der Waals surface area contributed by atoms with Crippen molar-refractivity contribution in [1.29, 1.82) is 0 Å². The van der Waals surface area contributed by atoms with Gasteiger partial charge in [-0.1, -0.05) is 49.1 Å². The highest BCUT2D eigenvalue weighted by Crippen LogP contribution is 2.40. The fourth-order valence-electron chi connectivity index (χ4n) is 4.23. The van der Waals surface area contributed by atoms with Crippen LogP contribution in [0, 0.1) is 5.82 Å². The molecule has 7 heteroatoms. The van der Waals surface area contributed by atoms with Crippen LogP contribution in [0.4, 0.5) is 4.39 Å². The molecular weight excluding hydrogens is 421 g/mol. The first-order chi connectivity index (χ1) is 15.2. The maximum absolute atomic E-state index is 14.4. The summed E-state index contributed by atoms with van der Waals surface area (Å²) >= 11 is 0. The lowest BCUT2D eigenvalue weighted by Crippen LogP contribution is -2.48. The first-order valence-corrected chi connectivity index (χ1v) is 14.2. The van der Waals surface area contributed by atoms with E-state index in [1.165, 1.54) is 12.1 Å². The SMILES string of the molecule is COc1ccc(C(=O)C(C[Si](C)(C)C)(c2ccc(F)cc2)n2nnc3ccccc32)cc1. The van der Waals surface area contributed by atoms with Gasteiger partial charge in [-0.2, -0.15) is 0 Å². The molecule has 0 saturated carbocycles. The van der Waals surface area contributed by atoms with Crippen LogP contribution in [-0.2, 0) is 5.54 Å². The van der Waals surface area contributed by atoms with E-state index in [0.29, 0.717) is 28.4 Å². The molecule has 4 rings (SSSR count). The molecule has 164 valence electrons. The number of nitrogens with zero attached hydrogens (tertiary/aromatic N) is 3. The zero-order chi connectivity index (χ0) is 22.9. The van der Waals surface area contributed by atoms with E-state index < -0.39 is 13.6 Å². The number of rotatable bonds is 7. The summed E-state index contributed by atoms with van der Waals surface area (Å²) in [6.45, 7) is 6.64. The third-order valence-electron chi connectivity index (χ3n) is 5.55. The number of halogens is 1. The largest absolute Gasteiger partial charge is 0.497 e. The van der Waals surface area contributed by atoms with Crippen LogP contribution in [-0.4, -0.2) is 36.0 Å². The van der Waals surface area contributed by atoms with Crippen molar-refractivity contribution in [1.82, 2.24) is 15.0 Å². The summed E-state index contributed by atoms with van der Waals surface area (Å²) in [5, 5.41) is 8.82. The number of hydrogen-bond acceptors (Lipinski definition) is 4. The van der Waals surface area contributed by atoms with E-state index in [9.17, 15) is 9.18 Å².